The van der Waals surface area contributed by atoms with Crippen LogP contribution in [0.1, 0.15) is 6.42 Å². The Balaban J connectivity index is 1.59. The second-order valence-corrected chi connectivity index (χ2v) is 6.99. The van der Waals surface area contributed by atoms with E-state index in [9.17, 15) is 8.78 Å². The number of para-hydroxylation sites is 2. The summed E-state index contributed by atoms with van der Waals surface area (Å²) in [5, 5.41) is 3.31. The number of nitrogens with one attached hydrogen (secondary N) is 1. The summed E-state index contributed by atoms with van der Waals surface area (Å²) < 4.78 is 38.1. The number of nitrogens with zero attached hydrogens (tertiary/aromatic N) is 2. The quantitative estimate of drug-likeness (QED) is 0.833. The molecule has 2 aromatic rings. The Labute approximate surface area is 150 Å². The number of ether oxygens (including phenoxy) is 1. The number of rotatable bonds is 4. The SMILES string of the molecule is Fc1ccccc1N1SN(CCC2CNCCO2)c2cccc(F)c21. The van der Waals surface area contributed by atoms with Gasteiger partial charge in [-0.3, -0.25) is 8.61 Å². The lowest BCUT2D eigenvalue weighted by Gasteiger charge is -2.26. The summed E-state index contributed by atoms with van der Waals surface area (Å²) in [6.07, 6.45) is 0.968. The molecule has 25 heavy (non-hydrogen) atoms. The fourth-order valence-corrected chi connectivity index (χ4v) is 4.22. The predicted molar refractivity (Wildman–Crippen MR) is 97.1 cm³/mol. The Kier molecular flexibility index (Phi) is 4.78. The van der Waals surface area contributed by atoms with Crippen molar-refractivity contribution in [3.05, 3.63) is 54.1 Å². The molecule has 2 aromatic carbocycles. The van der Waals surface area contributed by atoms with E-state index in [0.29, 0.717) is 24.5 Å². The molecule has 1 atom stereocenters. The zero-order chi connectivity index (χ0) is 17.2. The molecule has 0 bridgehead atoms. The Morgan fingerprint density at radius 3 is 2.68 bits per heavy atom. The minimum absolute atomic E-state index is 0.147. The van der Waals surface area contributed by atoms with Gasteiger partial charge in [0, 0.05) is 19.6 Å². The summed E-state index contributed by atoms with van der Waals surface area (Å²) in [7, 11) is 0. The summed E-state index contributed by atoms with van der Waals surface area (Å²) in [5.74, 6) is -0.725. The van der Waals surface area contributed by atoms with Gasteiger partial charge < -0.3 is 10.1 Å². The molecule has 0 aliphatic carbocycles. The highest BCUT2D eigenvalue weighted by Gasteiger charge is 2.33. The maximum absolute atomic E-state index is 14.5. The molecule has 1 unspecified atom stereocenters. The van der Waals surface area contributed by atoms with E-state index in [-0.39, 0.29) is 17.7 Å². The molecule has 4 rings (SSSR count). The van der Waals surface area contributed by atoms with Crippen LogP contribution in [0.15, 0.2) is 42.5 Å². The van der Waals surface area contributed by atoms with Crippen molar-refractivity contribution < 1.29 is 13.5 Å². The molecule has 1 saturated heterocycles. The van der Waals surface area contributed by atoms with Crippen LogP contribution in [0.4, 0.5) is 25.8 Å². The molecule has 0 aromatic heterocycles. The smallest absolute Gasteiger partial charge is 0.149 e. The van der Waals surface area contributed by atoms with Crippen LogP contribution >= 0.6 is 12.1 Å². The third-order valence-corrected chi connectivity index (χ3v) is 5.47. The van der Waals surface area contributed by atoms with E-state index in [1.54, 1.807) is 28.6 Å². The first-order valence-corrected chi connectivity index (χ1v) is 9.08. The molecule has 1 fully saturated rings. The number of halogens is 2. The van der Waals surface area contributed by atoms with Gasteiger partial charge in [-0.15, -0.1) is 0 Å². The maximum Gasteiger partial charge on any atom is 0.149 e. The molecule has 0 radical (unpaired) electrons. The van der Waals surface area contributed by atoms with Gasteiger partial charge in [-0.2, -0.15) is 0 Å². The third-order valence-electron chi connectivity index (χ3n) is 4.35. The van der Waals surface area contributed by atoms with E-state index in [2.05, 4.69) is 5.32 Å². The second kappa shape index (κ2) is 7.19. The zero-order valence-corrected chi connectivity index (χ0v) is 14.4. The van der Waals surface area contributed by atoms with Crippen LogP contribution in [0.3, 0.4) is 0 Å². The van der Waals surface area contributed by atoms with Crippen molar-refractivity contribution in [3.8, 4) is 0 Å². The fourth-order valence-electron chi connectivity index (χ4n) is 3.10. The summed E-state index contributed by atoms with van der Waals surface area (Å²) >= 11 is 1.32. The molecular weight excluding hydrogens is 344 g/mol. The van der Waals surface area contributed by atoms with Crippen LogP contribution < -0.4 is 13.9 Å². The van der Waals surface area contributed by atoms with E-state index in [4.69, 9.17) is 4.74 Å². The Hall–Kier alpha value is -1.83. The van der Waals surface area contributed by atoms with Gasteiger partial charge >= 0.3 is 0 Å². The highest BCUT2D eigenvalue weighted by molar-refractivity contribution is 8.02. The van der Waals surface area contributed by atoms with Gasteiger partial charge in [-0.25, -0.2) is 8.78 Å². The second-order valence-electron chi connectivity index (χ2n) is 6.02. The molecule has 0 amide bonds. The number of hydrogen-bond acceptors (Lipinski definition) is 5. The van der Waals surface area contributed by atoms with E-state index in [0.717, 1.165) is 25.2 Å². The first kappa shape index (κ1) is 16.6. The predicted octanol–water partition coefficient (Wildman–Crippen LogP) is 3.86. The molecule has 7 heteroatoms. The van der Waals surface area contributed by atoms with E-state index in [1.165, 1.54) is 24.3 Å². The summed E-state index contributed by atoms with van der Waals surface area (Å²) in [6, 6.07) is 11.4. The topological polar surface area (TPSA) is 27.7 Å². The third kappa shape index (κ3) is 3.31. The molecule has 2 aliphatic heterocycles. The number of fused-ring (bicyclic) bond motifs is 1. The molecule has 2 aliphatic rings. The van der Waals surface area contributed by atoms with Gasteiger partial charge in [0.2, 0.25) is 0 Å². The van der Waals surface area contributed by atoms with Gasteiger partial charge in [0.25, 0.3) is 0 Å². The van der Waals surface area contributed by atoms with Gasteiger partial charge in [-0.1, -0.05) is 18.2 Å². The first-order chi connectivity index (χ1) is 12.2. The van der Waals surface area contributed by atoms with Crippen molar-refractivity contribution in [2.75, 3.05) is 34.9 Å². The lowest BCUT2D eigenvalue weighted by molar-refractivity contribution is 0.0254. The standard InChI is InChI=1S/C18H19F2N3OS/c19-14-4-1-2-6-16(14)23-18-15(20)5-3-7-17(18)22(25-23)10-8-13-12-21-9-11-24-13/h1-7,13,21H,8-12H2. The molecule has 132 valence electrons. The van der Waals surface area contributed by atoms with Gasteiger partial charge in [0.1, 0.15) is 17.3 Å². The summed E-state index contributed by atoms with van der Waals surface area (Å²) in [6.45, 7) is 3.11. The maximum atomic E-state index is 14.5. The molecule has 4 nitrogen and oxygen atoms in total. The first-order valence-electron chi connectivity index (χ1n) is 8.35. The molecule has 2 heterocycles. The van der Waals surface area contributed by atoms with Gasteiger partial charge in [-0.05, 0) is 30.7 Å². The van der Waals surface area contributed by atoms with Crippen molar-refractivity contribution in [2.24, 2.45) is 0 Å². The van der Waals surface area contributed by atoms with Crippen LogP contribution in [0.2, 0.25) is 0 Å². The molecule has 0 spiro atoms. The van der Waals surface area contributed by atoms with Crippen molar-refractivity contribution >= 4 is 29.2 Å². The molecule has 0 saturated carbocycles. The lowest BCUT2D eigenvalue weighted by atomic mass is 10.2. The van der Waals surface area contributed by atoms with Crippen molar-refractivity contribution in [1.82, 2.24) is 5.32 Å². The van der Waals surface area contributed by atoms with Crippen molar-refractivity contribution in [3.63, 3.8) is 0 Å². The highest BCUT2D eigenvalue weighted by atomic mass is 32.2. The zero-order valence-electron chi connectivity index (χ0n) is 13.6. The molecule has 1 N–H and O–H groups in total. The van der Waals surface area contributed by atoms with Crippen LogP contribution in [0.5, 0.6) is 0 Å². The number of benzene rings is 2. The number of anilines is 3. The summed E-state index contributed by atoms with van der Waals surface area (Å²) in [4.78, 5) is 0. The Morgan fingerprint density at radius 1 is 1.08 bits per heavy atom. The fraction of sp³-hybridized carbons (Fsp3) is 0.333. The van der Waals surface area contributed by atoms with Gasteiger partial charge in [0.05, 0.1) is 36.2 Å². The van der Waals surface area contributed by atoms with Crippen LogP contribution in [-0.4, -0.2) is 32.3 Å². The van der Waals surface area contributed by atoms with Gasteiger partial charge in [0.15, 0.2) is 0 Å². The van der Waals surface area contributed by atoms with E-state index >= 15 is 0 Å². The average molecular weight is 363 g/mol. The lowest BCUT2D eigenvalue weighted by Crippen LogP contribution is -2.39. The average Bonchev–Trinajstić information content (AvgIpc) is 3.01. The minimum atomic E-state index is -0.370. The normalized spacial score (nSPS) is 20.0. The minimum Gasteiger partial charge on any atom is -0.376 e. The molecular formula is C18H19F2N3OS. The number of hydrogen-bond donors (Lipinski definition) is 1. The van der Waals surface area contributed by atoms with E-state index in [1.807, 2.05) is 10.4 Å². The van der Waals surface area contributed by atoms with Crippen LogP contribution in [-0.2, 0) is 4.74 Å². The largest absolute Gasteiger partial charge is 0.376 e. The Bertz CT molecular complexity index is 755. The van der Waals surface area contributed by atoms with Crippen LogP contribution in [0.25, 0.3) is 0 Å². The van der Waals surface area contributed by atoms with Crippen molar-refractivity contribution in [1.29, 1.82) is 0 Å². The highest BCUT2D eigenvalue weighted by Crippen LogP contribution is 2.50. The number of morpholine rings is 1. The van der Waals surface area contributed by atoms with Crippen molar-refractivity contribution in [2.45, 2.75) is 12.5 Å². The van der Waals surface area contributed by atoms with Crippen LogP contribution in [0, 0.1) is 11.6 Å². The van der Waals surface area contributed by atoms with E-state index < -0.39 is 0 Å². The Morgan fingerprint density at radius 2 is 1.88 bits per heavy atom. The monoisotopic (exact) mass is 363 g/mol. The summed E-state index contributed by atoms with van der Waals surface area (Å²) in [5.41, 5.74) is 1.52.